The van der Waals surface area contributed by atoms with Crippen LogP contribution in [0.1, 0.15) is 0 Å². The van der Waals surface area contributed by atoms with Gasteiger partial charge in [-0.15, -0.1) is 0 Å². The van der Waals surface area contributed by atoms with Crippen LogP contribution in [-0.4, -0.2) is 93.9 Å². The summed E-state index contributed by atoms with van der Waals surface area (Å²) in [5.41, 5.74) is 8.05. The molecule has 0 heterocycles. The first kappa shape index (κ1) is 24.0. The van der Waals surface area contributed by atoms with E-state index >= 15 is 0 Å². The summed E-state index contributed by atoms with van der Waals surface area (Å²) >= 11 is 0. The van der Waals surface area contributed by atoms with Gasteiger partial charge in [0.05, 0.1) is 78.9 Å². The van der Waals surface area contributed by atoms with Gasteiger partial charge in [0.1, 0.15) is 0 Å². The smallest absolute Gasteiger partial charge is 0.264 e. The van der Waals surface area contributed by atoms with Crippen LogP contribution in [0.5, 0.6) is 0 Å². The maximum absolute atomic E-state index is 10.7. The Kier molecular flexibility index (Phi) is 17.1. The first-order valence-corrected chi connectivity index (χ1v) is 9.62. The van der Waals surface area contributed by atoms with Gasteiger partial charge in [-0.1, -0.05) is 5.11 Å². The minimum absolute atomic E-state index is 0.000783. The molecule has 0 unspecified atom stereocenters. The van der Waals surface area contributed by atoms with Gasteiger partial charge < -0.3 is 23.7 Å². The van der Waals surface area contributed by atoms with E-state index in [1.54, 1.807) is 0 Å². The molecule has 0 bridgehead atoms. The van der Waals surface area contributed by atoms with Crippen molar-refractivity contribution < 1.29 is 36.3 Å². The molecule has 0 aromatic carbocycles. The average molecular weight is 385 g/mol. The summed E-state index contributed by atoms with van der Waals surface area (Å²) in [6.07, 6.45) is 0.989. The Morgan fingerprint density at radius 1 is 0.720 bits per heavy atom. The molecule has 12 heteroatoms. The molecule has 0 saturated carbocycles. The Morgan fingerprint density at radius 2 is 1.08 bits per heavy atom. The molecule has 0 rings (SSSR count). The van der Waals surface area contributed by atoms with Crippen molar-refractivity contribution in [2.45, 2.75) is 0 Å². The molecule has 0 atom stereocenters. The normalized spacial score (nSPS) is 11.4. The minimum Gasteiger partial charge on any atom is -0.379 e. The monoisotopic (exact) mass is 385 g/mol. The van der Waals surface area contributed by atoms with Crippen LogP contribution in [-0.2, 0) is 38.0 Å². The number of hydrogen-bond acceptors (Lipinski definition) is 9. The van der Waals surface area contributed by atoms with E-state index < -0.39 is 10.1 Å². The van der Waals surface area contributed by atoms with Crippen molar-refractivity contribution in [3.8, 4) is 0 Å². The molecule has 11 nitrogen and oxygen atoms in total. The summed E-state index contributed by atoms with van der Waals surface area (Å²) in [4.78, 5) is 2.61. The second-order valence-electron chi connectivity index (χ2n) is 4.54. The summed E-state index contributed by atoms with van der Waals surface area (Å²) in [5, 5.41) is 3.34. The molecule has 25 heavy (non-hydrogen) atoms. The fourth-order valence-electron chi connectivity index (χ4n) is 1.38. The second kappa shape index (κ2) is 17.8. The molecular formula is C13H27N3O8S. The lowest BCUT2D eigenvalue weighted by atomic mass is 10.6. The number of nitrogens with zero attached hydrogens (tertiary/aromatic N) is 3. The highest BCUT2D eigenvalue weighted by Crippen LogP contribution is 1.87. The Labute approximate surface area is 148 Å². The van der Waals surface area contributed by atoms with Crippen molar-refractivity contribution in [1.29, 1.82) is 0 Å². The van der Waals surface area contributed by atoms with E-state index in [1.807, 2.05) is 0 Å². The van der Waals surface area contributed by atoms with Crippen molar-refractivity contribution in [2.75, 3.05) is 85.5 Å². The quantitative estimate of drug-likeness (QED) is 0.102. The van der Waals surface area contributed by atoms with E-state index in [0.29, 0.717) is 66.0 Å². The summed E-state index contributed by atoms with van der Waals surface area (Å²) in [6, 6.07) is 0. The van der Waals surface area contributed by atoms with E-state index in [4.69, 9.17) is 29.2 Å². The van der Waals surface area contributed by atoms with E-state index in [9.17, 15) is 8.42 Å². The molecule has 0 spiro atoms. The van der Waals surface area contributed by atoms with Gasteiger partial charge in [-0.2, -0.15) is 8.42 Å². The van der Waals surface area contributed by atoms with Gasteiger partial charge in [0, 0.05) is 11.5 Å². The van der Waals surface area contributed by atoms with Crippen LogP contribution in [0.25, 0.3) is 10.4 Å². The highest BCUT2D eigenvalue weighted by molar-refractivity contribution is 7.85. The van der Waals surface area contributed by atoms with Gasteiger partial charge >= 0.3 is 0 Å². The Hall–Kier alpha value is -0.980. The number of rotatable bonds is 19. The molecule has 0 radical (unpaired) electrons. The lowest BCUT2D eigenvalue weighted by Gasteiger charge is -2.07. The minimum atomic E-state index is -3.41. The topological polar surface area (TPSA) is 138 Å². The molecule has 0 aliphatic heterocycles. The number of hydrogen-bond donors (Lipinski definition) is 0. The van der Waals surface area contributed by atoms with Gasteiger partial charge in [-0.05, 0) is 5.53 Å². The van der Waals surface area contributed by atoms with Crippen molar-refractivity contribution in [2.24, 2.45) is 5.11 Å². The SMILES string of the molecule is CS(=O)(=O)OCCOCCOCCOCCOCCOCCN=[N+]=[N-]. The number of ether oxygens (including phenoxy) is 5. The molecule has 0 amide bonds. The third-order valence-corrected chi connectivity index (χ3v) is 3.01. The zero-order valence-electron chi connectivity index (χ0n) is 14.5. The van der Waals surface area contributed by atoms with Crippen LogP contribution in [0.4, 0.5) is 0 Å². The summed E-state index contributed by atoms with van der Waals surface area (Å²) in [6.45, 7) is 4.35. The predicted octanol–water partition coefficient (Wildman–Crippen LogP) is 0.356. The fraction of sp³-hybridized carbons (Fsp3) is 1.00. The molecule has 148 valence electrons. The predicted molar refractivity (Wildman–Crippen MR) is 88.9 cm³/mol. The standard InChI is InChI=1S/C13H27N3O8S/c1-25(17,18)24-13-12-23-11-10-22-9-8-21-7-6-20-5-4-19-3-2-15-16-14/h2-13H2,1H3. The molecule has 0 fully saturated rings. The third kappa shape index (κ3) is 23.0. The highest BCUT2D eigenvalue weighted by atomic mass is 32.2. The van der Waals surface area contributed by atoms with Crippen molar-refractivity contribution in [3.05, 3.63) is 10.4 Å². The van der Waals surface area contributed by atoms with Crippen molar-refractivity contribution >= 4 is 10.1 Å². The van der Waals surface area contributed by atoms with Crippen LogP contribution in [0.2, 0.25) is 0 Å². The maximum Gasteiger partial charge on any atom is 0.264 e. The summed E-state index contributed by atoms with van der Waals surface area (Å²) in [7, 11) is -3.41. The van der Waals surface area contributed by atoms with Crippen molar-refractivity contribution in [1.82, 2.24) is 0 Å². The largest absolute Gasteiger partial charge is 0.379 e. The Morgan fingerprint density at radius 3 is 1.44 bits per heavy atom. The fourth-order valence-corrected chi connectivity index (χ4v) is 1.75. The molecule has 0 aliphatic carbocycles. The van der Waals surface area contributed by atoms with E-state index in [-0.39, 0.29) is 13.2 Å². The lowest BCUT2D eigenvalue weighted by molar-refractivity contribution is -0.0121. The van der Waals surface area contributed by atoms with Gasteiger partial charge in [0.15, 0.2) is 0 Å². The first-order valence-electron chi connectivity index (χ1n) is 7.80. The summed E-state index contributed by atoms with van der Waals surface area (Å²) < 4.78 is 52.0. The molecule has 0 aromatic rings. The molecule has 0 saturated heterocycles. The molecule has 0 aliphatic rings. The maximum atomic E-state index is 10.7. The third-order valence-electron chi connectivity index (χ3n) is 2.41. The Bertz CT molecular complexity index is 443. The van der Waals surface area contributed by atoms with Crippen LogP contribution in [0, 0.1) is 0 Å². The van der Waals surface area contributed by atoms with Crippen LogP contribution in [0.15, 0.2) is 5.11 Å². The molecular weight excluding hydrogens is 358 g/mol. The Balaban J connectivity index is 3.06. The van der Waals surface area contributed by atoms with Gasteiger partial charge in [-0.25, -0.2) is 0 Å². The zero-order chi connectivity index (χ0) is 18.6. The average Bonchev–Trinajstić information content (AvgIpc) is 2.56. The van der Waals surface area contributed by atoms with Crippen LogP contribution in [0.3, 0.4) is 0 Å². The molecule has 0 N–H and O–H groups in total. The van der Waals surface area contributed by atoms with Crippen molar-refractivity contribution in [3.63, 3.8) is 0 Å². The first-order chi connectivity index (χ1) is 12.1. The molecule has 0 aromatic heterocycles. The van der Waals surface area contributed by atoms with Crippen LogP contribution >= 0.6 is 0 Å². The number of azide groups is 1. The zero-order valence-corrected chi connectivity index (χ0v) is 15.3. The van der Waals surface area contributed by atoms with Gasteiger partial charge in [-0.3, -0.25) is 4.18 Å². The van der Waals surface area contributed by atoms with Gasteiger partial charge in [0.25, 0.3) is 10.1 Å². The summed E-state index contributed by atoms with van der Waals surface area (Å²) in [5.74, 6) is 0. The van der Waals surface area contributed by atoms with Crippen LogP contribution < -0.4 is 0 Å². The van der Waals surface area contributed by atoms with E-state index in [0.717, 1.165) is 6.26 Å². The second-order valence-corrected chi connectivity index (χ2v) is 6.19. The lowest BCUT2D eigenvalue weighted by Crippen LogP contribution is -2.14. The highest BCUT2D eigenvalue weighted by Gasteiger charge is 2.00. The van der Waals surface area contributed by atoms with Gasteiger partial charge in [0.2, 0.25) is 0 Å². The van der Waals surface area contributed by atoms with E-state index in [1.165, 1.54) is 0 Å². The van der Waals surface area contributed by atoms with E-state index in [2.05, 4.69) is 14.2 Å².